The van der Waals surface area contributed by atoms with Crippen molar-refractivity contribution in [2.45, 2.75) is 6.18 Å². The quantitative estimate of drug-likeness (QED) is 0.512. The van der Waals surface area contributed by atoms with Crippen LogP contribution < -0.4 is 10.2 Å². The Kier molecular flexibility index (Phi) is 7.31. The van der Waals surface area contributed by atoms with Crippen molar-refractivity contribution in [2.75, 3.05) is 29.9 Å². The second-order valence-corrected chi connectivity index (χ2v) is 6.99. The van der Waals surface area contributed by atoms with Gasteiger partial charge in [-0.05, 0) is 36.9 Å². The van der Waals surface area contributed by atoms with Crippen molar-refractivity contribution in [3.05, 3.63) is 68.8 Å². The first-order chi connectivity index (χ1) is 13.2. The minimum atomic E-state index is -4.42. The summed E-state index contributed by atoms with van der Waals surface area (Å²) in [6.45, 7) is 9.15. The van der Waals surface area contributed by atoms with Crippen LogP contribution in [0.15, 0.2) is 48.9 Å². The predicted molar refractivity (Wildman–Crippen MR) is 107 cm³/mol. The molecular formula is C21H21F3N4OU. The SMILES string of the molecule is C=C1Nc2ncc(-c3cccc(C(F)(F)F)c3)cc2N1CC(=O)N1CC([CH2-])C1.[CH3-].[U+2]. The molecule has 156 valence electrons. The molecule has 1 N–H and O–H groups in total. The molecule has 5 nitrogen and oxygen atoms in total. The van der Waals surface area contributed by atoms with E-state index in [0.717, 1.165) is 12.1 Å². The second kappa shape index (κ2) is 9.03. The topological polar surface area (TPSA) is 48.5 Å². The van der Waals surface area contributed by atoms with Gasteiger partial charge in [0, 0.05) is 11.8 Å². The zero-order valence-electron chi connectivity index (χ0n) is 16.5. The number of benzene rings is 1. The molecule has 0 spiro atoms. The van der Waals surface area contributed by atoms with Gasteiger partial charge in [0.25, 0.3) is 0 Å². The van der Waals surface area contributed by atoms with Gasteiger partial charge in [0.1, 0.15) is 12.4 Å². The average molecular weight is 640 g/mol. The maximum atomic E-state index is 13.0. The number of alkyl halides is 3. The number of rotatable bonds is 3. The first kappa shape index (κ1) is 24.3. The van der Waals surface area contributed by atoms with Gasteiger partial charge < -0.3 is 29.5 Å². The van der Waals surface area contributed by atoms with Crippen LogP contribution in [0.25, 0.3) is 11.1 Å². The maximum absolute atomic E-state index is 13.0. The Morgan fingerprint density at radius 1 is 1.27 bits per heavy atom. The van der Waals surface area contributed by atoms with Crippen molar-refractivity contribution in [3.8, 4) is 11.1 Å². The van der Waals surface area contributed by atoms with Crippen LogP contribution in [0.5, 0.6) is 0 Å². The zero-order chi connectivity index (χ0) is 20.1. The Bertz CT molecular complexity index is 958. The molecule has 9 heteroatoms. The molecule has 0 unspecified atom stereocenters. The molecule has 1 saturated heterocycles. The van der Waals surface area contributed by atoms with Crippen LogP contribution in [0.2, 0.25) is 0 Å². The largest absolute Gasteiger partial charge is 2.00 e. The zero-order valence-corrected chi connectivity index (χ0v) is 20.6. The summed E-state index contributed by atoms with van der Waals surface area (Å²) in [5.41, 5.74) is 0.817. The molecule has 0 radical (unpaired) electrons. The van der Waals surface area contributed by atoms with Crippen molar-refractivity contribution >= 4 is 17.4 Å². The van der Waals surface area contributed by atoms with E-state index in [9.17, 15) is 18.0 Å². The average Bonchev–Trinajstić information content (AvgIpc) is 2.93. The van der Waals surface area contributed by atoms with Crippen LogP contribution in [0.4, 0.5) is 24.7 Å². The summed E-state index contributed by atoms with van der Waals surface area (Å²) in [4.78, 5) is 20.1. The molecule has 1 aromatic heterocycles. The number of carbonyl (C=O) groups is 1. The van der Waals surface area contributed by atoms with E-state index >= 15 is 0 Å². The molecule has 30 heavy (non-hydrogen) atoms. The van der Waals surface area contributed by atoms with E-state index in [1.807, 2.05) is 0 Å². The van der Waals surface area contributed by atoms with Gasteiger partial charge in [0.05, 0.1) is 11.3 Å². The molecule has 0 aliphatic carbocycles. The van der Waals surface area contributed by atoms with E-state index in [4.69, 9.17) is 0 Å². The molecule has 1 amide bonds. The fourth-order valence-corrected chi connectivity index (χ4v) is 3.33. The molecule has 0 atom stereocenters. The number of pyridine rings is 1. The molecule has 2 aromatic rings. The van der Waals surface area contributed by atoms with Crippen LogP contribution in [0.1, 0.15) is 5.56 Å². The van der Waals surface area contributed by atoms with Crippen molar-refractivity contribution in [1.82, 2.24) is 9.88 Å². The standard InChI is InChI=1S/C20H18F3N4O.CH3.U/c1-12-9-26(10-12)18(28)11-27-13(2)25-19-17(27)7-15(8-24-19)14-4-3-5-16(6-14)20(21,22)23;;/h3-8,12H,1-2,9-11H2,(H,24,25);1H3;/q2*-1;+2. The summed E-state index contributed by atoms with van der Waals surface area (Å²) < 4.78 is 39.0. The first-order valence-corrected chi connectivity index (χ1v) is 8.74. The van der Waals surface area contributed by atoms with Gasteiger partial charge in [-0.1, -0.05) is 18.7 Å². The Balaban J connectivity index is 0.00000160. The number of hydrogen-bond donors (Lipinski definition) is 1. The molecule has 1 fully saturated rings. The van der Waals surface area contributed by atoms with Crippen molar-refractivity contribution < 1.29 is 49.1 Å². The molecular weight excluding hydrogens is 619 g/mol. The summed E-state index contributed by atoms with van der Waals surface area (Å²) in [6.07, 6.45) is -2.92. The van der Waals surface area contributed by atoms with Gasteiger partial charge in [-0.3, -0.25) is 4.79 Å². The normalized spacial score (nSPS) is 15.5. The summed E-state index contributed by atoms with van der Waals surface area (Å²) in [5, 5.41) is 3.01. The number of carbonyl (C=O) groups excluding carboxylic acids is 1. The molecule has 2 aliphatic rings. The monoisotopic (exact) mass is 640 g/mol. The third-order valence-corrected chi connectivity index (χ3v) is 4.87. The van der Waals surface area contributed by atoms with Crippen molar-refractivity contribution in [3.63, 3.8) is 0 Å². The van der Waals surface area contributed by atoms with Gasteiger partial charge in [0.2, 0.25) is 5.91 Å². The number of aromatic nitrogens is 1. The molecule has 0 bridgehead atoms. The molecule has 3 heterocycles. The second-order valence-electron chi connectivity index (χ2n) is 6.99. The number of nitrogens with zero attached hydrogens (tertiary/aromatic N) is 3. The number of fused-ring (bicyclic) bond motifs is 1. The fourth-order valence-electron chi connectivity index (χ4n) is 3.33. The Labute approximate surface area is 197 Å². The van der Waals surface area contributed by atoms with E-state index in [1.54, 1.807) is 21.9 Å². The Hall–Kier alpha value is -1.98. The smallest absolute Gasteiger partial charge is 0.358 e. The molecule has 4 rings (SSSR count). The molecule has 0 saturated carbocycles. The number of nitrogens with one attached hydrogen (secondary N) is 1. The van der Waals surface area contributed by atoms with Gasteiger partial charge in [-0.25, -0.2) is 4.98 Å². The van der Waals surface area contributed by atoms with Crippen LogP contribution in [-0.2, 0) is 11.0 Å². The summed E-state index contributed by atoms with van der Waals surface area (Å²) in [7, 11) is 0. The maximum Gasteiger partial charge on any atom is 2.00 e. The Morgan fingerprint density at radius 2 is 1.97 bits per heavy atom. The van der Waals surface area contributed by atoms with Gasteiger partial charge in [0.15, 0.2) is 5.82 Å². The third kappa shape index (κ3) is 4.68. The number of halogens is 3. The van der Waals surface area contributed by atoms with Crippen LogP contribution in [0.3, 0.4) is 0 Å². The van der Waals surface area contributed by atoms with Gasteiger partial charge in [-0.2, -0.15) is 13.2 Å². The summed E-state index contributed by atoms with van der Waals surface area (Å²) in [5.74, 6) is 1.22. The van der Waals surface area contributed by atoms with Gasteiger partial charge in [-0.15, -0.1) is 5.92 Å². The fraction of sp³-hybridized carbons (Fsp3) is 0.238. The van der Waals surface area contributed by atoms with Gasteiger partial charge >= 0.3 is 37.3 Å². The van der Waals surface area contributed by atoms with E-state index in [1.165, 1.54) is 12.3 Å². The first-order valence-electron chi connectivity index (χ1n) is 8.74. The van der Waals surface area contributed by atoms with Crippen molar-refractivity contribution in [1.29, 1.82) is 0 Å². The summed E-state index contributed by atoms with van der Waals surface area (Å²) in [6, 6.07) is 6.80. The third-order valence-electron chi connectivity index (χ3n) is 4.87. The molecule has 2 aliphatic heterocycles. The van der Waals surface area contributed by atoms with E-state index < -0.39 is 11.7 Å². The number of hydrogen-bond acceptors (Lipinski definition) is 4. The van der Waals surface area contributed by atoms with Crippen LogP contribution >= 0.6 is 0 Å². The number of amides is 1. The Morgan fingerprint density at radius 3 is 2.60 bits per heavy atom. The predicted octanol–water partition coefficient (Wildman–Crippen LogP) is 4.21. The van der Waals surface area contributed by atoms with Crippen LogP contribution in [0, 0.1) is 51.4 Å². The summed E-state index contributed by atoms with van der Waals surface area (Å²) >= 11 is 0. The number of likely N-dealkylation sites (tertiary alicyclic amines) is 1. The number of anilines is 2. The van der Waals surface area contributed by atoms with E-state index in [-0.39, 0.29) is 56.9 Å². The van der Waals surface area contributed by atoms with E-state index in [0.29, 0.717) is 41.5 Å². The van der Waals surface area contributed by atoms with E-state index in [2.05, 4.69) is 23.8 Å². The van der Waals surface area contributed by atoms with Crippen molar-refractivity contribution in [2.24, 2.45) is 5.92 Å². The molecule has 1 aromatic carbocycles. The minimum absolute atomic E-state index is 0. The minimum Gasteiger partial charge on any atom is -0.358 e. The van der Waals surface area contributed by atoms with Crippen LogP contribution in [-0.4, -0.2) is 35.4 Å².